The van der Waals surface area contributed by atoms with Crippen LogP contribution in [0.5, 0.6) is 0 Å². The third-order valence-electron chi connectivity index (χ3n) is 4.74. The Balaban J connectivity index is 1.83. The number of carbonyl (C=O) groups excluding carboxylic acids is 1. The van der Waals surface area contributed by atoms with Gasteiger partial charge in [0.05, 0.1) is 15.4 Å². The Morgan fingerprint density at radius 2 is 2.04 bits per heavy atom. The molecule has 1 saturated heterocycles. The summed E-state index contributed by atoms with van der Waals surface area (Å²) in [5, 5.41) is 5.79. The number of hydrogen-bond donors (Lipinski definition) is 1. The third kappa shape index (κ3) is 4.35. The van der Waals surface area contributed by atoms with Crippen LogP contribution in [-0.2, 0) is 4.79 Å². The predicted octanol–water partition coefficient (Wildman–Crippen LogP) is 4.45. The van der Waals surface area contributed by atoms with Gasteiger partial charge in [0.15, 0.2) is 0 Å². The molecule has 2 aromatic rings. The van der Waals surface area contributed by atoms with Crippen LogP contribution < -0.4 is 10.3 Å². The van der Waals surface area contributed by atoms with Crippen molar-refractivity contribution in [3.05, 3.63) is 17.2 Å². The number of carbonyl (C=O) groups is 1. The Morgan fingerprint density at radius 1 is 1.33 bits per heavy atom. The number of anilines is 2. The lowest BCUT2D eigenvalue weighted by molar-refractivity contribution is -0.134. The van der Waals surface area contributed by atoms with Crippen molar-refractivity contribution < 1.29 is 4.79 Å². The molecule has 1 aromatic carbocycles. The number of piperazine rings is 1. The number of aromatic nitrogens is 1. The number of nitrogens with one attached hydrogen (secondary N) is 1. The van der Waals surface area contributed by atoms with Gasteiger partial charge in [0, 0.05) is 37.8 Å². The molecule has 0 bridgehead atoms. The van der Waals surface area contributed by atoms with Gasteiger partial charge >= 0.3 is 0 Å². The topological polar surface area (TPSA) is 60.8 Å². The molecule has 0 radical (unpaired) electrons. The summed E-state index contributed by atoms with van der Waals surface area (Å²) in [5.74, 6) is 0.242. The number of halogens is 1. The largest absolute Gasteiger partial charge is 0.365 e. The molecule has 146 valence electrons. The number of benzene rings is 1. The van der Waals surface area contributed by atoms with E-state index in [9.17, 15) is 4.79 Å². The Labute approximate surface area is 169 Å². The zero-order chi connectivity index (χ0) is 19.6. The highest BCUT2D eigenvalue weighted by Gasteiger charge is 2.25. The van der Waals surface area contributed by atoms with Crippen molar-refractivity contribution >= 4 is 55.6 Å². The first-order valence-corrected chi connectivity index (χ1v) is 10.5. The molecule has 1 amide bonds. The van der Waals surface area contributed by atoms with Crippen LogP contribution in [-0.4, -0.2) is 47.7 Å². The minimum Gasteiger partial charge on any atom is -0.365 e. The van der Waals surface area contributed by atoms with E-state index in [0.29, 0.717) is 18.1 Å². The highest BCUT2D eigenvalue weighted by molar-refractivity contribution is 7.22. The van der Waals surface area contributed by atoms with Crippen molar-refractivity contribution in [1.82, 2.24) is 9.88 Å². The molecule has 0 saturated carbocycles. The van der Waals surface area contributed by atoms with Crippen molar-refractivity contribution in [2.45, 2.75) is 34.1 Å². The Hall–Kier alpha value is -1.86. The van der Waals surface area contributed by atoms with E-state index in [1.54, 1.807) is 11.3 Å². The molecular formula is C19H26ClN5OS. The fraction of sp³-hybridized carbons (Fsp3) is 0.526. The van der Waals surface area contributed by atoms with E-state index in [-0.39, 0.29) is 11.8 Å². The van der Waals surface area contributed by atoms with Gasteiger partial charge in [-0.3, -0.25) is 10.2 Å². The molecule has 1 aliphatic heterocycles. The van der Waals surface area contributed by atoms with Gasteiger partial charge in [-0.05, 0) is 25.5 Å². The Bertz CT molecular complexity index is 855. The maximum absolute atomic E-state index is 12.2. The summed E-state index contributed by atoms with van der Waals surface area (Å²) in [4.78, 5) is 21.1. The van der Waals surface area contributed by atoms with Gasteiger partial charge in [0.2, 0.25) is 11.0 Å². The van der Waals surface area contributed by atoms with E-state index in [4.69, 9.17) is 16.6 Å². The van der Waals surface area contributed by atoms with Gasteiger partial charge in [-0.2, -0.15) is 5.10 Å². The van der Waals surface area contributed by atoms with E-state index in [0.717, 1.165) is 46.3 Å². The van der Waals surface area contributed by atoms with E-state index >= 15 is 0 Å². The Morgan fingerprint density at radius 3 is 2.67 bits per heavy atom. The molecule has 1 aromatic heterocycles. The van der Waals surface area contributed by atoms with Gasteiger partial charge < -0.3 is 9.80 Å². The minimum atomic E-state index is 0.0304. The van der Waals surface area contributed by atoms with E-state index in [1.807, 2.05) is 37.8 Å². The molecule has 1 fully saturated rings. The molecular weight excluding hydrogens is 382 g/mol. The van der Waals surface area contributed by atoms with Crippen molar-refractivity contribution in [3.8, 4) is 0 Å². The van der Waals surface area contributed by atoms with Crippen LogP contribution in [0.1, 0.15) is 34.1 Å². The second-order valence-electron chi connectivity index (χ2n) is 7.04. The number of hydrogen-bond acceptors (Lipinski definition) is 6. The maximum atomic E-state index is 12.2. The molecule has 27 heavy (non-hydrogen) atoms. The van der Waals surface area contributed by atoms with Crippen molar-refractivity contribution in [1.29, 1.82) is 0 Å². The van der Waals surface area contributed by atoms with E-state index in [2.05, 4.69) is 22.4 Å². The zero-order valence-corrected chi connectivity index (χ0v) is 17.8. The lowest BCUT2D eigenvalue weighted by atomic mass is 10.1. The fourth-order valence-electron chi connectivity index (χ4n) is 3.04. The van der Waals surface area contributed by atoms with Crippen LogP contribution in [0.2, 0.25) is 5.02 Å². The minimum absolute atomic E-state index is 0.0304. The van der Waals surface area contributed by atoms with Crippen LogP contribution in [0.25, 0.3) is 10.2 Å². The second-order valence-corrected chi connectivity index (χ2v) is 8.48. The van der Waals surface area contributed by atoms with Crippen LogP contribution in [0, 0.1) is 5.92 Å². The first kappa shape index (κ1) is 19.9. The molecule has 1 aliphatic rings. The van der Waals surface area contributed by atoms with Crippen LogP contribution in [0.4, 0.5) is 10.8 Å². The van der Waals surface area contributed by atoms with Gasteiger partial charge in [0.25, 0.3) is 0 Å². The number of rotatable bonds is 5. The SMILES string of the molecule is CC/C(C)=N/Nc1nc2c(N3CCN(C(=O)C(C)C)CC3)c(Cl)ccc2s1. The van der Waals surface area contributed by atoms with Crippen LogP contribution in [0.15, 0.2) is 17.2 Å². The van der Waals surface area contributed by atoms with Crippen molar-refractivity contribution in [3.63, 3.8) is 0 Å². The average Bonchev–Trinajstić information content (AvgIpc) is 3.08. The fourth-order valence-corrected chi connectivity index (χ4v) is 4.13. The average molecular weight is 408 g/mol. The summed E-state index contributed by atoms with van der Waals surface area (Å²) in [5.41, 5.74) is 5.92. The van der Waals surface area contributed by atoms with E-state index in [1.165, 1.54) is 0 Å². The van der Waals surface area contributed by atoms with E-state index < -0.39 is 0 Å². The summed E-state index contributed by atoms with van der Waals surface area (Å²) < 4.78 is 1.07. The molecule has 2 heterocycles. The molecule has 3 rings (SSSR count). The van der Waals surface area contributed by atoms with Crippen LogP contribution in [0.3, 0.4) is 0 Å². The van der Waals surface area contributed by atoms with Crippen LogP contribution >= 0.6 is 22.9 Å². The first-order chi connectivity index (χ1) is 12.9. The van der Waals surface area contributed by atoms with Gasteiger partial charge in [-0.1, -0.05) is 43.7 Å². The molecule has 1 N–H and O–H groups in total. The van der Waals surface area contributed by atoms with Gasteiger partial charge in [-0.15, -0.1) is 0 Å². The zero-order valence-electron chi connectivity index (χ0n) is 16.3. The smallest absolute Gasteiger partial charge is 0.225 e. The quantitative estimate of drug-likeness (QED) is 0.587. The lowest BCUT2D eigenvalue weighted by Crippen LogP contribution is -2.50. The maximum Gasteiger partial charge on any atom is 0.225 e. The number of hydrazone groups is 1. The number of fused-ring (bicyclic) bond motifs is 1. The third-order valence-corrected chi connectivity index (χ3v) is 5.97. The second kappa shape index (κ2) is 8.44. The summed E-state index contributed by atoms with van der Waals surface area (Å²) >= 11 is 8.11. The normalized spacial score (nSPS) is 15.7. The summed E-state index contributed by atoms with van der Waals surface area (Å²) in [7, 11) is 0. The van der Waals surface area contributed by atoms with Crippen molar-refractivity contribution in [2.75, 3.05) is 36.5 Å². The summed E-state index contributed by atoms with van der Waals surface area (Å²) in [6.07, 6.45) is 0.897. The first-order valence-electron chi connectivity index (χ1n) is 9.32. The highest BCUT2D eigenvalue weighted by Crippen LogP contribution is 2.38. The Kier molecular flexibility index (Phi) is 6.22. The molecule has 8 heteroatoms. The number of amides is 1. The molecule has 0 spiro atoms. The molecule has 0 unspecified atom stereocenters. The monoisotopic (exact) mass is 407 g/mol. The molecule has 0 atom stereocenters. The summed E-state index contributed by atoms with van der Waals surface area (Å²) in [6.45, 7) is 10.9. The van der Waals surface area contributed by atoms with Gasteiger partial charge in [-0.25, -0.2) is 4.98 Å². The molecule has 6 nitrogen and oxygen atoms in total. The lowest BCUT2D eigenvalue weighted by Gasteiger charge is -2.37. The number of nitrogens with zero attached hydrogens (tertiary/aromatic N) is 4. The highest BCUT2D eigenvalue weighted by atomic mass is 35.5. The standard InChI is InChI=1S/C19H26ClN5OS/c1-5-13(4)22-23-19-21-16-15(27-19)7-6-14(20)17(16)24-8-10-25(11-9-24)18(26)12(2)3/h6-7,12H,5,8-11H2,1-4H3,(H,21,23)/b22-13+. The molecule has 0 aliphatic carbocycles. The predicted molar refractivity (Wildman–Crippen MR) is 115 cm³/mol. The number of thiazole rings is 1. The summed E-state index contributed by atoms with van der Waals surface area (Å²) in [6, 6.07) is 3.92. The van der Waals surface area contributed by atoms with Crippen molar-refractivity contribution in [2.24, 2.45) is 11.0 Å². The van der Waals surface area contributed by atoms with Gasteiger partial charge in [0.1, 0.15) is 5.52 Å².